The van der Waals surface area contributed by atoms with Gasteiger partial charge >= 0.3 is 11.9 Å². The van der Waals surface area contributed by atoms with Gasteiger partial charge in [-0.2, -0.15) is 0 Å². The Hall–Kier alpha value is -1.06. The summed E-state index contributed by atoms with van der Waals surface area (Å²) in [6, 6.07) is 0. The van der Waals surface area contributed by atoms with Crippen LogP contribution in [0.4, 0.5) is 0 Å². The van der Waals surface area contributed by atoms with Crippen LogP contribution in [0, 0.1) is 5.92 Å². The van der Waals surface area contributed by atoms with E-state index in [9.17, 15) is 9.59 Å². The Labute approximate surface area is 161 Å². The summed E-state index contributed by atoms with van der Waals surface area (Å²) in [4.78, 5) is 23.1. The summed E-state index contributed by atoms with van der Waals surface area (Å²) in [5.74, 6) is -0.999. The van der Waals surface area contributed by atoms with Crippen LogP contribution in [0.3, 0.4) is 0 Å². The summed E-state index contributed by atoms with van der Waals surface area (Å²) in [7, 11) is 2.72. The topological polar surface area (TPSA) is 52.6 Å². The van der Waals surface area contributed by atoms with Crippen LogP contribution in [0.15, 0.2) is 0 Å². The molecule has 0 heterocycles. The number of esters is 2. The van der Waals surface area contributed by atoms with Gasteiger partial charge in [-0.1, -0.05) is 96.8 Å². The van der Waals surface area contributed by atoms with Gasteiger partial charge < -0.3 is 9.47 Å². The molecule has 0 aromatic carbocycles. The highest BCUT2D eigenvalue weighted by atomic mass is 16.5. The third-order valence-corrected chi connectivity index (χ3v) is 5.08. The number of carbonyl (C=O) groups excluding carboxylic acids is 2. The minimum atomic E-state index is -0.357. The number of hydrogen-bond acceptors (Lipinski definition) is 4. The van der Waals surface area contributed by atoms with Crippen molar-refractivity contribution < 1.29 is 19.1 Å². The van der Waals surface area contributed by atoms with Crippen LogP contribution in [0.5, 0.6) is 0 Å². The first-order valence-electron chi connectivity index (χ1n) is 10.8. The molecule has 0 spiro atoms. The Morgan fingerprint density at radius 3 is 1.46 bits per heavy atom. The first kappa shape index (κ1) is 24.9. The molecule has 0 N–H and O–H groups in total. The van der Waals surface area contributed by atoms with Crippen LogP contribution in [0.1, 0.15) is 110 Å². The summed E-state index contributed by atoms with van der Waals surface area (Å²) in [6.45, 7) is 2.26. The van der Waals surface area contributed by atoms with Crippen molar-refractivity contribution in [1.82, 2.24) is 0 Å². The first-order valence-corrected chi connectivity index (χ1v) is 10.8. The molecule has 0 radical (unpaired) electrons. The molecule has 0 amide bonds. The SMILES string of the molecule is CCCCCCCCCCCCCCCCC(CC(=O)OC)C(=O)OC. The molecule has 1 unspecified atom stereocenters. The Morgan fingerprint density at radius 1 is 0.654 bits per heavy atom. The molecule has 26 heavy (non-hydrogen) atoms. The quantitative estimate of drug-likeness (QED) is 0.212. The highest BCUT2D eigenvalue weighted by Gasteiger charge is 2.22. The summed E-state index contributed by atoms with van der Waals surface area (Å²) >= 11 is 0. The summed E-state index contributed by atoms with van der Waals surface area (Å²) in [6.07, 6.45) is 19.2. The van der Waals surface area contributed by atoms with Crippen molar-refractivity contribution in [3.63, 3.8) is 0 Å². The van der Waals surface area contributed by atoms with E-state index in [1.54, 1.807) is 0 Å². The van der Waals surface area contributed by atoms with Crippen molar-refractivity contribution in [2.24, 2.45) is 5.92 Å². The monoisotopic (exact) mass is 370 g/mol. The highest BCUT2D eigenvalue weighted by Crippen LogP contribution is 2.18. The minimum absolute atomic E-state index is 0.127. The van der Waals surface area contributed by atoms with E-state index in [0.29, 0.717) is 6.42 Å². The van der Waals surface area contributed by atoms with Crippen molar-refractivity contribution in [1.29, 1.82) is 0 Å². The van der Waals surface area contributed by atoms with Gasteiger partial charge in [0.1, 0.15) is 0 Å². The third kappa shape index (κ3) is 15.2. The van der Waals surface area contributed by atoms with Crippen LogP contribution in [0.25, 0.3) is 0 Å². The summed E-state index contributed by atoms with van der Waals surface area (Å²) in [5, 5.41) is 0. The van der Waals surface area contributed by atoms with Crippen molar-refractivity contribution in [2.75, 3.05) is 14.2 Å². The zero-order valence-electron chi connectivity index (χ0n) is 17.5. The van der Waals surface area contributed by atoms with Gasteiger partial charge in [0.05, 0.1) is 26.6 Å². The molecular formula is C22H42O4. The lowest BCUT2D eigenvalue weighted by Gasteiger charge is -2.13. The predicted octanol–water partition coefficient (Wildman–Crippen LogP) is 6.21. The number of methoxy groups -OCH3 is 2. The van der Waals surface area contributed by atoms with Gasteiger partial charge in [0.15, 0.2) is 0 Å². The van der Waals surface area contributed by atoms with Crippen LogP contribution in [0.2, 0.25) is 0 Å². The smallest absolute Gasteiger partial charge is 0.309 e. The molecule has 0 aromatic heterocycles. The van der Waals surface area contributed by atoms with Gasteiger partial charge in [-0.05, 0) is 6.42 Å². The fourth-order valence-corrected chi connectivity index (χ4v) is 3.34. The Morgan fingerprint density at radius 2 is 1.08 bits per heavy atom. The minimum Gasteiger partial charge on any atom is -0.469 e. The summed E-state index contributed by atoms with van der Waals surface area (Å²) in [5.41, 5.74) is 0. The average molecular weight is 371 g/mol. The molecule has 0 aliphatic heterocycles. The lowest BCUT2D eigenvalue weighted by molar-refractivity contribution is -0.152. The van der Waals surface area contributed by atoms with Crippen molar-refractivity contribution in [2.45, 2.75) is 110 Å². The second kappa shape index (κ2) is 18.7. The van der Waals surface area contributed by atoms with E-state index in [4.69, 9.17) is 4.74 Å². The van der Waals surface area contributed by atoms with Crippen molar-refractivity contribution in [3.05, 3.63) is 0 Å². The molecular weight excluding hydrogens is 328 g/mol. The maximum absolute atomic E-state index is 11.7. The van der Waals surface area contributed by atoms with E-state index in [-0.39, 0.29) is 24.3 Å². The second-order valence-electron chi connectivity index (χ2n) is 7.39. The maximum atomic E-state index is 11.7. The molecule has 0 aromatic rings. The predicted molar refractivity (Wildman–Crippen MR) is 107 cm³/mol. The van der Waals surface area contributed by atoms with Gasteiger partial charge in [-0.15, -0.1) is 0 Å². The van der Waals surface area contributed by atoms with Gasteiger partial charge in [0.25, 0.3) is 0 Å². The molecule has 0 fully saturated rings. The highest BCUT2D eigenvalue weighted by molar-refractivity contribution is 5.79. The Balaban J connectivity index is 3.47. The molecule has 4 nitrogen and oxygen atoms in total. The van der Waals surface area contributed by atoms with Crippen molar-refractivity contribution >= 4 is 11.9 Å². The Bertz CT molecular complexity index is 341. The zero-order chi connectivity index (χ0) is 19.5. The molecule has 1 atom stereocenters. The Kier molecular flexibility index (Phi) is 18.0. The normalized spacial score (nSPS) is 12.0. The third-order valence-electron chi connectivity index (χ3n) is 5.08. The average Bonchev–Trinajstić information content (AvgIpc) is 2.66. The number of rotatable bonds is 18. The van der Waals surface area contributed by atoms with Gasteiger partial charge in [-0.25, -0.2) is 0 Å². The van der Waals surface area contributed by atoms with Crippen LogP contribution in [-0.2, 0) is 19.1 Å². The fraction of sp³-hybridized carbons (Fsp3) is 0.909. The van der Waals surface area contributed by atoms with Crippen LogP contribution >= 0.6 is 0 Å². The molecule has 0 saturated carbocycles. The number of hydrogen-bond donors (Lipinski definition) is 0. The van der Waals surface area contributed by atoms with E-state index < -0.39 is 0 Å². The first-order chi connectivity index (χ1) is 12.7. The summed E-state index contributed by atoms with van der Waals surface area (Å²) < 4.78 is 9.43. The lowest BCUT2D eigenvalue weighted by atomic mass is 9.97. The fourth-order valence-electron chi connectivity index (χ4n) is 3.34. The molecule has 0 aliphatic carbocycles. The molecule has 0 rings (SSSR count). The lowest BCUT2D eigenvalue weighted by Crippen LogP contribution is -2.20. The number of unbranched alkanes of at least 4 members (excludes halogenated alkanes) is 13. The number of carbonyl (C=O) groups is 2. The van der Waals surface area contributed by atoms with E-state index >= 15 is 0 Å². The maximum Gasteiger partial charge on any atom is 0.309 e. The molecule has 0 aliphatic rings. The van der Waals surface area contributed by atoms with E-state index in [2.05, 4.69) is 11.7 Å². The second-order valence-corrected chi connectivity index (χ2v) is 7.39. The van der Waals surface area contributed by atoms with Crippen LogP contribution in [-0.4, -0.2) is 26.2 Å². The van der Waals surface area contributed by atoms with E-state index in [1.165, 1.54) is 91.3 Å². The van der Waals surface area contributed by atoms with E-state index in [0.717, 1.165) is 12.8 Å². The van der Waals surface area contributed by atoms with Crippen LogP contribution < -0.4 is 0 Å². The standard InChI is InChI=1S/C22H42O4/c1-4-5-6-7-8-9-10-11-12-13-14-15-16-17-18-20(22(24)26-3)19-21(23)25-2/h20H,4-19H2,1-3H3. The van der Waals surface area contributed by atoms with Gasteiger partial charge in [0.2, 0.25) is 0 Å². The molecule has 4 heteroatoms. The zero-order valence-corrected chi connectivity index (χ0v) is 17.5. The van der Waals surface area contributed by atoms with E-state index in [1.807, 2.05) is 0 Å². The molecule has 0 saturated heterocycles. The largest absolute Gasteiger partial charge is 0.469 e. The molecule has 0 bridgehead atoms. The van der Waals surface area contributed by atoms with Gasteiger partial charge in [0, 0.05) is 0 Å². The number of ether oxygens (including phenoxy) is 2. The van der Waals surface area contributed by atoms with Gasteiger partial charge in [-0.3, -0.25) is 9.59 Å². The molecule has 154 valence electrons. The van der Waals surface area contributed by atoms with Crippen molar-refractivity contribution in [3.8, 4) is 0 Å².